The molecule has 1 fully saturated rings. The van der Waals surface area contributed by atoms with Crippen molar-refractivity contribution in [1.82, 2.24) is 20.0 Å². The van der Waals surface area contributed by atoms with E-state index >= 15 is 0 Å². The smallest absolute Gasteiger partial charge is 0.319 e. The van der Waals surface area contributed by atoms with Crippen LogP contribution in [0.5, 0.6) is 0 Å². The fourth-order valence-corrected chi connectivity index (χ4v) is 4.01. The van der Waals surface area contributed by atoms with Gasteiger partial charge in [0, 0.05) is 31.0 Å². The Labute approximate surface area is 189 Å². The van der Waals surface area contributed by atoms with Crippen molar-refractivity contribution in [3.63, 3.8) is 0 Å². The zero-order valence-electron chi connectivity index (χ0n) is 19.6. The van der Waals surface area contributed by atoms with Gasteiger partial charge in [-0.25, -0.2) is 9.18 Å². The van der Waals surface area contributed by atoms with Gasteiger partial charge in [-0.05, 0) is 69.7 Å². The maximum absolute atomic E-state index is 13.3. The van der Waals surface area contributed by atoms with Crippen molar-refractivity contribution in [3.05, 3.63) is 47.5 Å². The number of hydrogen-bond acceptors (Lipinski definition) is 3. The molecule has 1 aliphatic heterocycles. The molecule has 2 heterocycles. The van der Waals surface area contributed by atoms with Crippen LogP contribution in [0.15, 0.2) is 30.3 Å². The second kappa shape index (κ2) is 9.71. The van der Waals surface area contributed by atoms with Gasteiger partial charge in [-0.3, -0.25) is 9.48 Å². The van der Waals surface area contributed by atoms with Crippen LogP contribution < -0.4 is 10.6 Å². The molecule has 1 aliphatic rings. The van der Waals surface area contributed by atoms with Crippen LogP contribution in [0.3, 0.4) is 0 Å². The topological polar surface area (TPSA) is 79.3 Å². The molecule has 1 aromatic carbocycles. The van der Waals surface area contributed by atoms with Crippen LogP contribution >= 0.6 is 0 Å². The van der Waals surface area contributed by atoms with E-state index in [2.05, 4.69) is 50.4 Å². The number of carbonyl (C=O) groups excluding carboxylic acids is 2. The van der Waals surface area contributed by atoms with E-state index in [1.54, 1.807) is 12.1 Å². The number of piperidine rings is 1. The highest BCUT2D eigenvalue weighted by molar-refractivity contribution is 5.92. The number of urea groups is 1. The monoisotopic (exact) mass is 443 g/mol. The zero-order valence-corrected chi connectivity index (χ0v) is 19.6. The van der Waals surface area contributed by atoms with Crippen molar-refractivity contribution in [2.45, 2.75) is 58.9 Å². The minimum atomic E-state index is -0.404. The van der Waals surface area contributed by atoms with Gasteiger partial charge in [-0.1, -0.05) is 19.9 Å². The van der Waals surface area contributed by atoms with Crippen molar-refractivity contribution in [2.75, 3.05) is 25.0 Å². The average Bonchev–Trinajstić information content (AvgIpc) is 3.18. The number of carbonyl (C=O) groups is 2. The number of nitrogens with one attached hydrogen (secondary N) is 2. The van der Waals surface area contributed by atoms with Gasteiger partial charge in [0.05, 0.1) is 5.54 Å². The number of halogens is 1. The van der Waals surface area contributed by atoms with Gasteiger partial charge >= 0.3 is 6.03 Å². The summed E-state index contributed by atoms with van der Waals surface area (Å²) in [7, 11) is 0. The van der Waals surface area contributed by atoms with Crippen LogP contribution in [-0.4, -0.2) is 46.3 Å². The molecule has 32 heavy (non-hydrogen) atoms. The first-order chi connectivity index (χ1) is 15.0. The number of amides is 3. The van der Waals surface area contributed by atoms with Gasteiger partial charge in [0.15, 0.2) is 5.69 Å². The number of hydrogen-bond donors (Lipinski definition) is 2. The zero-order chi connectivity index (χ0) is 23.5. The number of aromatic nitrogens is 2. The van der Waals surface area contributed by atoms with Crippen LogP contribution in [0.1, 0.15) is 69.6 Å². The highest BCUT2D eigenvalue weighted by Gasteiger charge is 2.29. The molecule has 3 amide bonds. The predicted molar refractivity (Wildman–Crippen MR) is 123 cm³/mol. The van der Waals surface area contributed by atoms with Gasteiger partial charge in [0.25, 0.3) is 5.91 Å². The lowest BCUT2D eigenvalue weighted by Crippen LogP contribution is -2.44. The van der Waals surface area contributed by atoms with E-state index in [1.165, 1.54) is 12.1 Å². The Morgan fingerprint density at radius 2 is 2.00 bits per heavy atom. The third-order valence-corrected chi connectivity index (χ3v) is 5.62. The van der Waals surface area contributed by atoms with E-state index in [0.717, 1.165) is 18.5 Å². The molecule has 2 aromatic rings. The van der Waals surface area contributed by atoms with Gasteiger partial charge in [-0.15, -0.1) is 0 Å². The highest BCUT2D eigenvalue weighted by Crippen LogP contribution is 2.25. The Balaban J connectivity index is 1.59. The van der Waals surface area contributed by atoms with Crippen LogP contribution in [-0.2, 0) is 5.54 Å². The second-order valence-electron chi connectivity index (χ2n) is 9.80. The highest BCUT2D eigenvalue weighted by atomic mass is 19.1. The van der Waals surface area contributed by atoms with Gasteiger partial charge < -0.3 is 15.5 Å². The summed E-state index contributed by atoms with van der Waals surface area (Å²) < 4.78 is 15.2. The van der Waals surface area contributed by atoms with Gasteiger partial charge in [0.1, 0.15) is 5.82 Å². The van der Waals surface area contributed by atoms with Crippen molar-refractivity contribution in [1.29, 1.82) is 0 Å². The summed E-state index contributed by atoms with van der Waals surface area (Å²) in [4.78, 5) is 27.2. The van der Waals surface area contributed by atoms with Crippen LogP contribution in [0.25, 0.3) is 0 Å². The Morgan fingerprint density at radius 1 is 1.25 bits per heavy atom. The lowest BCUT2D eigenvalue weighted by Gasteiger charge is -2.32. The number of benzene rings is 1. The van der Waals surface area contributed by atoms with E-state index in [0.29, 0.717) is 31.0 Å². The maximum Gasteiger partial charge on any atom is 0.319 e. The van der Waals surface area contributed by atoms with Crippen molar-refractivity contribution in [2.24, 2.45) is 5.92 Å². The minimum Gasteiger partial charge on any atom is -0.338 e. The largest absolute Gasteiger partial charge is 0.338 e. The molecule has 0 radical (unpaired) electrons. The number of rotatable bonds is 5. The molecular weight excluding hydrogens is 409 g/mol. The average molecular weight is 444 g/mol. The van der Waals surface area contributed by atoms with E-state index in [9.17, 15) is 14.0 Å². The third kappa shape index (κ3) is 5.87. The molecule has 1 aromatic heterocycles. The fraction of sp³-hybridized carbons (Fsp3) is 0.542. The molecule has 1 saturated heterocycles. The third-order valence-electron chi connectivity index (χ3n) is 5.62. The summed E-state index contributed by atoms with van der Waals surface area (Å²) >= 11 is 0. The first kappa shape index (κ1) is 23.8. The molecule has 8 heteroatoms. The summed E-state index contributed by atoms with van der Waals surface area (Å²) in [5.41, 5.74) is 1.71. The van der Waals surface area contributed by atoms with Gasteiger partial charge in [-0.2, -0.15) is 5.10 Å². The van der Waals surface area contributed by atoms with Crippen molar-refractivity contribution in [3.8, 4) is 0 Å². The minimum absolute atomic E-state index is 0.0659. The Morgan fingerprint density at radius 3 is 2.62 bits per heavy atom. The van der Waals surface area contributed by atoms with Crippen LogP contribution in [0, 0.1) is 11.7 Å². The lowest BCUT2D eigenvalue weighted by atomic mass is 9.97. The second-order valence-corrected chi connectivity index (χ2v) is 9.80. The summed E-state index contributed by atoms with van der Waals surface area (Å²) in [6, 6.07) is 7.29. The molecule has 1 unspecified atom stereocenters. The number of anilines is 1. The van der Waals surface area contributed by atoms with E-state index in [-0.39, 0.29) is 29.3 Å². The standard InChI is InChI=1S/C24H34FN5O2/c1-16(2)21-13-20(28-30(21)24(3,4)5)22(31)29-11-7-8-17(15-29)14-26-23(32)27-19-10-6-9-18(25)12-19/h6,9-10,12-13,16-17H,7-8,11,14-15H2,1-5H3,(H2,26,27,32). The first-order valence-electron chi connectivity index (χ1n) is 11.2. The van der Waals surface area contributed by atoms with Crippen LogP contribution in [0.2, 0.25) is 0 Å². The van der Waals surface area contributed by atoms with Crippen molar-refractivity contribution < 1.29 is 14.0 Å². The predicted octanol–water partition coefficient (Wildman–Crippen LogP) is 4.57. The molecule has 0 spiro atoms. The number of nitrogens with zero attached hydrogens (tertiary/aromatic N) is 3. The molecule has 7 nitrogen and oxygen atoms in total. The summed E-state index contributed by atoms with van der Waals surface area (Å²) in [5, 5.41) is 10.1. The normalized spacial score (nSPS) is 16.8. The molecule has 0 saturated carbocycles. The Hall–Kier alpha value is -2.90. The molecule has 0 aliphatic carbocycles. The van der Waals surface area contributed by atoms with E-state index in [1.807, 2.05) is 15.6 Å². The molecule has 2 N–H and O–H groups in total. The molecule has 1 atom stereocenters. The quantitative estimate of drug-likeness (QED) is 0.710. The molecule has 3 rings (SSSR count). The summed E-state index contributed by atoms with van der Waals surface area (Å²) in [5.74, 6) is -0.0546. The lowest BCUT2D eigenvalue weighted by molar-refractivity contribution is 0.0667. The summed E-state index contributed by atoms with van der Waals surface area (Å²) in [6.07, 6.45) is 1.80. The molecule has 174 valence electrons. The molecular formula is C24H34FN5O2. The fourth-order valence-electron chi connectivity index (χ4n) is 4.01. The summed E-state index contributed by atoms with van der Waals surface area (Å²) in [6.45, 7) is 12.1. The van der Waals surface area contributed by atoms with Crippen LogP contribution in [0.4, 0.5) is 14.9 Å². The number of likely N-dealkylation sites (tertiary alicyclic amines) is 1. The Bertz CT molecular complexity index is 964. The maximum atomic E-state index is 13.3. The van der Waals surface area contributed by atoms with Crippen molar-refractivity contribution >= 4 is 17.6 Å². The van der Waals surface area contributed by atoms with E-state index in [4.69, 9.17) is 0 Å². The SMILES string of the molecule is CC(C)c1cc(C(=O)N2CCCC(CNC(=O)Nc3cccc(F)c3)C2)nn1C(C)(C)C. The Kier molecular flexibility index (Phi) is 7.21. The first-order valence-corrected chi connectivity index (χ1v) is 11.2. The van der Waals surface area contributed by atoms with Gasteiger partial charge in [0.2, 0.25) is 0 Å². The van der Waals surface area contributed by atoms with E-state index < -0.39 is 5.82 Å². The molecule has 0 bridgehead atoms.